The van der Waals surface area contributed by atoms with Gasteiger partial charge in [-0.15, -0.1) is 12.4 Å². The first kappa shape index (κ1) is 19.3. The number of carbonyl (C=O) groups excluding carboxylic acids is 1. The van der Waals surface area contributed by atoms with E-state index in [9.17, 15) is 4.79 Å². The molecular weight excluding hydrogens is 336 g/mol. The summed E-state index contributed by atoms with van der Waals surface area (Å²) >= 11 is 0. The van der Waals surface area contributed by atoms with E-state index in [1.807, 2.05) is 54.6 Å². The number of amides is 1. The van der Waals surface area contributed by atoms with Gasteiger partial charge in [0.15, 0.2) is 0 Å². The van der Waals surface area contributed by atoms with Crippen LogP contribution in [0.5, 0.6) is 11.5 Å². The van der Waals surface area contributed by atoms with Crippen LogP contribution in [0.2, 0.25) is 0 Å². The molecule has 2 N–H and O–H groups in total. The van der Waals surface area contributed by atoms with Gasteiger partial charge in [-0.25, -0.2) is 0 Å². The fourth-order valence-corrected chi connectivity index (χ4v) is 3.05. The predicted molar refractivity (Wildman–Crippen MR) is 102 cm³/mol. The maximum atomic E-state index is 12.3. The van der Waals surface area contributed by atoms with Gasteiger partial charge < -0.3 is 15.4 Å². The third kappa shape index (κ3) is 5.76. The Morgan fingerprint density at radius 2 is 1.92 bits per heavy atom. The van der Waals surface area contributed by atoms with E-state index in [2.05, 4.69) is 17.6 Å². The molecule has 3 rings (SSSR count). The zero-order valence-electron chi connectivity index (χ0n) is 14.4. The molecule has 0 spiro atoms. The summed E-state index contributed by atoms with van der Waals surface area (Å²) in [6, 6.07) is 18.0. The molecule has 0 bridgehead atoms. The molecule has 1 heterocycles. The molecule has 0 unspecified atom stereocenters. The van der Waals surface area contributed by atoms with E-state index < -0.39 is 0 Å². The summed E-state index contributed by atoms with van der Waals surface area (Å²) in [6.07, 6.45) is 1.82. The second-order valence-electron chi connectivity index (χ2n) is 6.36. The molecule has 0 saturated carbocycles. The van der Waals surface area contributed by atoms with Gasteiger partial charge in [-0.1, -0.05) is 30.3 Å². The van der Waals surface area contributed by atoms with E-state index in [1.54, 1.807) is 0 Å². The monoisotopic (exact) mass is 360 g/mol. The van der Waals surface area contributed by atoms with Crippen molar-refractivity contribution in [2.45, 2.75) is 32.4 Å². The van der Waals surface area contributed by atoms with Gasteiger partial charge in [0.2, 0.25) is 5.91 Å². The van der Waals surface area contributed by atoms with Crippen LogP contribution in [-0.2, 0) is 11.3 Å². The van der Waals surface area contributed by atoms with E-state index in [0.717, 1.165) is 36.4 Å². The summed E-state index contributed by atoms with van der Waals surface area (Å²) in [5.74, 6) is 1.86. The molecule has 134 valence electrons. The number of rotatable bonds is 5. The molecule has 4 nitrogen and oxygen atoms in total. The second-order valence-corrected chi connectivity index (χ2v) is 6.36. The Morgan fingerprint density at radius 1 is 1.16 bits per heavy atom. The van der Waals surface area contributed by atoms with Crippen LogP contribution in [0.25, 0.3) is 0 Å². The second kappa shape index (κ2) is 9.44. The van der Waals surface area contributed by atoms with E-state index in [-0.39, 0.29) is 24.2 Å². The van der Waals surface area contributed by atoms with Crippen LogP contribution >= 0.6 is 12.4 Å². The first-order valence-corrected chi connectivity index (χ1v) is 8.53. The highest BCUT2D eigenvalue weighted by Crippen LogP contribution is 2.22. The highest BCUT2D eigenvalue weighted by Gasteiger charge is 2.24. The minimum atomic E-state index is 0. The summed E-state index contributed by atoms with van der Waals surface area (Å²) in [7, 11) is 0. The molecule has 2 aromatic carbocycles. The Balaban J connectivity index is 0.00000225. The number of hydrogen-bond acceptors (Lipinski definition) is 3. The molecule has 5 heteroatoms. The summed E-state index contributed by atoms with van der Waals surface area (Å²) in [4.78, 5) is 12.3. The average Bonchev–Trinajstić information content (AvgIpc) is 2.61. The van der Waals surface area contributed by atoms with E-state index in [4.69, 9.17) is 4.74 Å². The van der Waals surface area contributed by atoms with Crippen LogP contribution in [0, 0.1) is 5.92 Å². The van der Waals surface area contributed by atoms with Crippen LogP contribution in [0.4, 0.5) is 0 Å². The molecule has 2 aromatic rings. The third-order valence-corrected chi connectivity index (χ3v) is 4.34. The first-order chi connectivity index (χ1) is 11.7. The van der Waals surface area contributed by atoms with E-state index in [0.29, 0.717) is 12.6 Å². The molecule has 0 aliphatic carbocycles. The lowest BCUT2D eigenvalue weighted by Gasteiger charge is -2.27. The Bertz CT molecular complexity index is 678. The average molecular weight is 361 g/mol. The zero-order valence-corrected chi connectivity index (χ0v) is 15.2. The van der Waals surface area contributed by atoms with Gasteiger partial charge in [0.1, 0.15) is 11.5 Å². The Hall–Kier alpha value is -2.04. The van der Waals surface area contributed by atoms with Gasteiger partial charge in [-0.05, 0) is 56.1 Å². The van der Waals surface area contributed by atoms with Crippen molar-refractivity contribution >= 4 is 18.3 Å². The number of halogens is 1. The molecule has 0 aromatic heterocycles. The molecule has 25 heavy (non-hydrogen) atoms. The van der Waals surface area contributed by atoms with Gasteiger partial charge in [0.05, 0.1) is 0 Å². The Kier molecular flexibility index (Phi) is 7.29. The molecule has 2 atom stereocenters. The van der Waals surface area contributed by atoms with Crippen molar-refractivity contribution in [3.63, 3.8) is 0 Å². The van der Waals surface area contributed by atoms with Crippen LogP contribution < -0.4 is 15.4 Å². The summed E-state index contributed by atoms with van der Waals surface area (Å²) in [5.41, 5.74) is 1.04. The van der Waals surface area contributed by atoms with E-state index >= 15 is 0 Å². The number of piperidine rings is 1. The van der Waals surface area contributed by atoms with Crippen molar-refractivity contribution in [1.29, 1.82) is 0 Å². The fourth-order valence-electron chi connectivity index (χ4n) is 3.05. The van der Waals surface area contributed by atoms with Crippen molar-refractivity contribution in [1.82, 2.24) is 10.6 Å². The maximum Gasteiger partial charge on any atom is 0.223 e. The third-order valence-electron chi connectivity index (χ3n) is 4.34. The minimum Gasteiger partial charge on any atom is -0.457 e. The highest BCUT2D eigenvalue weighted by molar-refractivity contribution is 5.85. The normalized spacial score (nSPS) is 19.6. The first-order valence-electron chi connectivity index (χ1n) is 8.53. The number of ether oxygens (including phenoxy) is 1. The summed E-state index contributed by atoms with van der Waals surface area (Å²) in [6.45, 7) is 3.58. The maximum absolute atomic E-state index is 12.3. The lowest BCUT2D eigenvalue weighted by Crippen LogP contribution is -2.42. The standard InChI is InChI=1S/C20H24N2O2.ClH/c1-15-12-17(10-11-21-15)20(23)22-14-16-6-5-9-19(13-16)24-18-7-3-2-4-8-18;/h2-9,13,15,17,21H,10-12,14H2,1H3,(H,22,23);1H/t15-,17-;/m0./s1. The molecule has 1 amide bonds. The van der Waals surface area contributed by atoms with Gasteiger partial charge in [-0.3, -0.25) is 4.79 Å². The summed E-state index contributed by atoms with van der Waals surface area (Å²) in [5, 5.41) is 6.43. The van der Waals surface area contributed by atoms with Crippen LogP contribution in [0.3, 0.4) is 0 Å². The quantitative estimate of drug-likeness (QED) is 0.850. The molecule has 1 aliphatic heterocycles. The van der Waals surface area contributed by atoms with Crippen molar-refractivity contribution < 1.29 is 9.53 Å². The summed E-state index contributed by atoms with van der Waals surface area (Å²) < 4.78 is 5.84. The lowest BCUT2D eigenvalue weighted by molar-refractivity contribution is -0.126. The fraction of sp³-hybridized carbons (Fsp3) is 0.350. The smallest absolute Gasteiger partial charge is 0.223 e. The number of para-hydroxylation sites is 1. The molecule has 1 saturated heterocycles. The molecule has 0 radical (unpaired) electrons. The molecule has 1 aliphatic rings. The van der Waals surface area contributed by atoms with Crippen LogP contribution in [0.15, 0.2) is 54.6 Å². The highest BCUT2D eigenvalue weighted by atomic mass is 35.5. The van der Waals surface area contributed by atoms with Gasteiger partial charge in [-0.2, -0.15) is 0 Å². The number of benzene rings is 2. The Morgan fingerprint density at radius 3 is 2.68 bits per heavy atom. The van der Waals surface area contributed by atoms with Crippen molar-refractivity contribution in [3.05, 3.63) is 60.2 Å². The SMILES string of the molecule is C[C@H]1C[C@@H](C(=O)NCc2cccc(Oc3ccccc3)c2)CCN1.Cl. The topological polar surface area (TPSA) is 50.4 Å². The van der Waals surface area contributed by atoms with Crippen molar-refractivity contribution in [2.24, 2.45) is 5.92 Å². The van der Waals surface area contributed by atoms with Crippen LogP contribution in [-0.4, -0.2) is 18.5 Å². The zero-order chi connectivity index (χ0) is 16.8. The largest absolute Gasteiger partial charge is 0.457 e. The van der Waals surface area contributed by atoms with Gasteiger partial charge in [0.25, 0.3) is 0 Å². The predicted octanol–water partition coefficient (Wildman–Crippen LogP) is 3.91. The van der Waals surface area contributed by atoms with Gasteiger partial charge in [0, 0.05) is 18.5 Å². The number of hydrogen-bond donors (Lipinski definition) is 2. The molecule has 1 fully saturated rings. The minimum absolute atomic E-state index is 0. The number of nitrogens with one attached hydrogen (secondary N) is 2. The van der Waals surface area contributed by atoms with Crippen LogP contribution in [0.1, 0.15) is 25.3 Å². The van der Waals surface area contributed by atoms with Gasteiger partial charge >= 0.3 is 0 Å². The molecular formula is C20H25ClN2O2. The Labute approximate surface area is 155 Å². The van der Waals surface area contributed by atoms with E-state index in [1.165, 1.54) is 0 Å². The van der Waals surface area contributed by atoms with Crippen molar-refractivity contribution in [2.75, 3.05) is 6.54 Å². The lowest BCUT2D eigenvalue weighted by atomic mass is 9.92. The number of carbonyl (C=O) groups is 1. The van der Waals surface area contributed by atoms with Crippen molar-refractivity contribution in [3.8, 4) is 11.5 Å².